The van der Waals surface area contributed by atoms with Crippen LogP contribution in [0.3, 0.4) is 0 Å². The van der Waals surface area contributed by atoms with Crippen molar-refractivity contribution in [1.29, 1.82) is 0 Å². The van der Waals surface area contributed by atoms with Gasteiger partial charge in [0.15, 0.2) is 0 Å². The standard InChI is InChI=1S/C17H33NO4/c1-4-5-6-7-8-9-10-21-16(19)12-15(11-14(2)3)13-22-17(18)20/h14-15H,4-13H2,1-3H3,(H2,18,20)/t15-/m0/s1. The van der Waals surface area contributed by atoms with Crippen molar-refractivity contribution < 1.29 is 19.1 Å². The Hall–Kier alpha value is -1.26. The highest BCUT2D eigenvalue weighted by Gasteiger charge is 2.18. The smallest absolute Gasteiger partial charge is 0.404 e. The van der Waals surface area contributed by atoms with Crippen LogP contribution in [0.25, 0.3) is 0 Å². The summed E-state index contributed by atoms with van der Waals surface area (Å²) in [7, 11) is 0. The van der Waals surface area contributed by atoms with Crippen molar-refractivity contribution >= 4 is 12.1 Å². The highest BCUT2D eigenvalue weighted by Crippen LogP contribution is 2.17. The summed E-state index contributed by atoms with van der Waals surface area (Å²) in [5.74, 6) is 0.185. The van der Waals surface area contributed by atoms with E-state index in [0.29, 0.717) is 12.5 Å². The summed E-state index contributed by atoms with van der Waals surface area (Å²) in [6.07, 6.45) is 7.28. The van der Waals surface area contributed by atoms with E-state index < -0.39 is 6.09 Å². The number of amides is 1. The number of unbranched alkanes of at least 4 members (excludes halogenated alkanes) is 5. The molecule has 0 fully saturated rings. The molecular formula is C17H33NO4. The fraction of sp³-hybridized carbons (Fsp3) is 0.882. The summed E-state index contributed by atoms with van der Waals surface area (Å²) in [5.41, 5.74) is 4.97. The van der Waals surface area contributed by atoms with Gasteiger partial charge in [0.25, 0.3) is 0 Å². The van der Waals surface area contributed by atoms with E-state index in [-0.39, 0.29) is 24.9 Å². The summed E-state index contributed by atoms with van der Waals surface area (Å²) in [6, 6.07) is 0. The topological polar surface area (TPSA) is 78.6 Å². The zero-order valence-electron chi connectivity index (χ0n) is 14.4. The molecule has 130 valence electrons. The molecule has 0 aliphatic rings. The van der Waals surface area contributed by atoms with E-state index in [4.69, 9.17) is 15.2 Å². The molecule has 0 saturated carbocycles. The molecule has 0 aromatic heterocycles. The number of primary amides is 1. The second kappa shape index (κ2) is 13.4. The Morgan fingerprint density at radius 2 is 1.64 bits per heavy atom. The maximum Gasteiger partial charge on any atom is 0.404 e. The van der Waals surface area contributed by atoms with E-state index in [9.17, 15) is 9.59 Å². The van der Waals surface area contributed by atoms with Crippen molar-refractivity contribution in [2.75, 3.05) is 13.2 Å². The minimum atomic E-state index is -0.797. The zero-order valence-corrected chi connectivity index (χ0v) is 14.4. The third-order valence-corrected chi connectivity index (χ3v) is 3.48. The third kappa shape index (κ3) is 13.7. The lowest BCUT2D eigenvalue weighted by Crippen LogP contribution is -2.23. The van der Waals surface area contributed by atoms with Crippen LogP contribution in [0.4, 0.5) is 4.79 Å². The number of hydrogen-bond acceptors (Lipinski definition) is 4. The van der Waals surface area contributed by atoms with Gasteiger partial charge in [-0.05, 0) is 18.8 Å². The van der Waals surface area contributed by atoms with Crippen molar-refractivity contribution in [3.8, 4) is 0 Å². The van der Waals surface area contributed by atoms with Gasteiger partial charge < -0.3 is 15.2 Å². The predicted octanol–water partition coefficient (Wildman–Crippen LogP) is 4.04. The maximum atomic E-state index is 11.8. The number of rotatable bonds is 13. The minimum absolute atomic E-state index is 0.0236. The molecule has 0 aliphatic carbocycles. The lowest BCUT2D eigenvalue weighted by atomic mass is 9.95. The molecule has 5 nitrogen and oxygen atoms in total. The highest BCUT2D eigenvalue weighted by atomic mass is 16.5. The van der Waals surface area contributed by atoms with Crippen molar-refractivity contribution in [2.45, 2.75) is 72.1 Å². The van der Waals surface area contributed by atoms with Crippen LogP contribution in [0.5, 0.6) is 0 Å². The average Bonchev–Trinajstić information content (AvgIpc) is 2.43. The summed E-state index contributed by atoms with van der Waals surface area (Å²) in [6.45, 7) is 6.99. The molecule has 0 aliphatic heterocycles. The first-order valence-corrected chi connectivity index (χ1v) is 8.53. The highest BCUT2D eigenvalue weighted by molar-refractivity contribution is 5.69. The predicted molar refractivity (Wildman–Crippen MR) is 87.4 cm³/mol. The number of nitrogens with two attached hydrogens (primary N) is 1. The summed E-state index contributed by atoms with van der Waals surface area (Å²) in [4.78, 5) is 22.5. The molecule has 5 heteroatoms. The van der Waals surface area contributed by atoms with Gasteiger partial charge in [-0.15, -0.1) is 0 Å². The largest absolute Gasteiger partial charge is 0.466 e. The molecule has 0 aromatic rings. The molecule has 1 atom stereocenters. The van der Waals surface area contributed by atoms with Gasteiger partial charge in [-0.25, -0.2) is 4.79 Å². The molecule has 0 spiro atoms. The van der Waals surface area contributed by atoms with Gasteiger partial charge in [-0.1, -0.05) is 52.9 Å². The Morgan fingerprint density at radius 1 is 1.00 bits per heavy atom. The number of esters is 1. The minimum Gasteiger partial charge on any atom is -0.466 e. The van der Waals surface area contributed by atoms with Gasteiger partial charge in [-0.2, -0.15) is 0 Å². The SMILES string of the molecule is CCCCCCCCOC(=O)C[C@@H](COC(N)=O)CC(C)C. The van der Waals surface area contributed by atoms with Gasteiger partial charge in [0.1, 0.15) is 0 Å². The van der Waals surface area contributed by atoms with Gasteiger partial charge in [-0.3, -0.25) is 4.79 Å². The Kier molecular flexibility index (Phi) is 12.6. The second-order valence-corrected chi connectivity index (χ2v) is 6.32. The molecule has 0 aromatic carbocycles. The van der Waals surface area contributed by atoms with Crippen molar-refractivity contribution in [2.24, 2.45) is 17.6 Å². The van der Waals surface area contributed by atoms with Crippen LogP contribution in [0.1, 0.15) is 72.1 Å². The lowest BCUT2D eigenvalue weighted by molar-refractivity contribution is -0.145. The van der Waals surface area contributed by atoms with Crippen LogP contribution < -0.4 is 5.73 Å². The lowest BCUT2D eigenvalue weighted by Gasteiger charge is -2.17. The van der Waals surface area contributed by atoms with E-state index in [1.165, 1.54) is 25.7 Å². The molecule has 0 unspecified atom stereocenters. The normalized spacial score (nSPS) is 12.2. The van der Waals surface area contributed by atoms with E-state index in [2.05, 4.69) is 20.8 Å². The van der Waals surface area contributed by atoms with Crippen LogP contribution in [0.2, 0.25) is 0 Å². The van der Waals surface area contributed by atoms with Crippen LogP contribution in [-0.2, 0) is 14.3 Å². The first-order valence-electron chi connectivity index (χ1n) is 8.53. The fourth-order valence-corrected chi connectivity index (χ4v) is 2.44. The summed E-state index contributed by atoms with van der Waals surface area (Å²) < 4.78 is 10.1. The maximum absolute atomic E-state index is 11.8. The molecule has 2 N–H and O–H groups in total. The molecule has 0 bridgehead atoms. The van der Waals surface area contributed by atoms with Crippen molar-refractivity contribution in [3.63, 3.8) is 0 Å². The van der Waals surface area contributed by atoms with Gasteiger partial charge in [0.05, 0.1) is 19.6 Å². The van der Waals surface area contributed by atoms with Gasteiger partial charge >= 0.3 is 12.1 Å². The monoisotopic (exact) mass is 315 g/mol. The first kappa shape index (κ1) is 20.7. The second-order valence-electron chi connectivity index (χ2n) is 6.32. The Labute approximate surface area is 134 Å². The van der Waals surface area contributed by atoms with E-state index in [1.807, 2.05) is 0 Å². The Bertz CT molecular complexity index is 305. The van der Waals surface area contributed by atoms with Crippen molar-refractivity contribution in [3.05, 3.63) is 0 Å². The number of ether oxygens (including phenoxy) is 2. The summed E-state index contributed by atoms with van der Waals surface area (Å²) >= 11 is 0. The van der Waals surface area contributed by atoms with Gasteiger partial charge in [0, 0.05) is 5.92 Å². The fourth-order valence-electron chi connectivity index (χ4n) is 2.44. The van der Waals surface area contributed by atoms with E-state index in [1.54, 1.807) is 0 Å². The Morgan fingerprint density at radius 3 is 2.23 bits per heavy atom. The molecule has 0 saturated heterocycles. The van der Waals surface area contributed by atoms with Crippen LogP contribution in [-0.4, -0.2) is 25.3 Å². The molecule has 22 heavy (non-hydrogen) atoms. The third-order valence-electron chi connectivity index (χ3n) is 3.48. The quantitative estimate of drug-likeness (QED) is 0.411. The number of hydrogen-bond donors (Lipinski definition) is 1. The molecule has 1 amide bonds. The van der Waals surface area contributed by atoms with Gasteiger partial charge in [0.2, 0.25) is 0 Å². The average molecular weight is 315 g/mol. The Balaban J connectivity index is 3.84. The first-order chi connectivity index (χ1) is 10.5. The zero-order chi connectivity index (χ0) is 16.8. The molecule has 0 rings (SSSR count). The molecule has 0 heterocycles. The molecular weight excluding hydrogens is 282 g/mol. The summed E-state index contributed by atoms with van der Waals surface area (Å²) in [5, 5.41) is 0. The van der Waals surface area contributed by atoms with E-state index in [0.717, 1.165) is 19.3 Å². The van der Waals surface area contributed by atoms with E-state index >= 15 is 0 Å². The molecule has 0 radical (unpaired) electrons. The number of carbonyl (C=O) groups is 2. The number of carbonyl (C=O) groups excluding carboxylic acids is 2. The van der Waals surface area contributed by atoms with Crippen molar-refractivity contribution in [1.82, 2.24) is 0 Å². The van der Waals surface area contributed by atoms with Crippen LogP contribution in [0, 0.1) is 11.8 Å². The van der Waals surface area contributed by atoms with Crippen LogP contribution in [0.15, 0.2) is 0 Å². The van der Waals surface area contributed by atoms with Crippen LogP contribution >= 0.6 is 0 Å².